The molecule has 0 fully saturated rings. The van der Waals surface area contributed by atoms with Gasteiger partial charge in [-0.2, -0.15) is 0 Å². The third-order valence-corrected chi connectivity index (χ3v) is 7.96. The number of hydrogen-bond acceptors (Lipinski definition) is 6. The number of sulfone groups is 1. The first kappa shape index (κ1) is 26.3. The van der Waals surface area contributed by atoms with Crippen LogP contribution >= 0.6 is 11.6 Å². The lowest BCUT2D eigenvalue weighted by atomic mass is 10.1. The van der Waals surface area contributed by atoms with E-state index in [9.17, 15) is 13.2 Å². The van der Waals surface area contributed by atoms with E-state index in [2.05, 4.69) is 5.32 Å². The molecular weight excluding hydrogens is 508 g/mol. The van der Waals surface area contributed by atoms with Crippen molar-refractivity contribution in [1.29, 1.82) is 0 Å². The summed E-state index contributed by atoms with van der Waals surface area (Å²) in [6.07, 6.45) is 0. The van der Waals surface area contributed by atoms with Crippen LogP contribution in [0.25, 0.3) is 0 Å². The van der Waals surface area contributed by atoms with Crippen LogP contribution in [0, 0.1) is 13.8 Å². The number of halogens is 1. The molecule has 4 aromatic carbocycles. The Morgan fingerprint density at radius 2 is 1.51 bits per heavy atom. The fourth-order valence-electron chi connectivity index (χ4n) is 3.77. The fourth-order valence-corrected chi connectivity index (χ4v) is 5.35. The van der Waals surface area contributed by atoms with Crippen LogP contribution in [0.3, 0.4) is 0 Å². The van der Waals surface area contributed by atoms with Crippen LogP contribution in [0.5, 0.6) is 5.75 Å². The van der Waals surface area contributed by atoms with Crippen molar-refractivity contribution in [2.45, 2.75) is 23.6 Å². The van der Waals surface area contributed by atoms with Crippen molar-refractivity contribution in [3.8, 4) is 5.75 Å². The van der Waals surface area contributed by atoms with E-state index in [-0.39, 0.29) is 9.79 Å². The van der Waals surface area contributed by atoms with Crippen LogP contribution in [0.1, 0.15) is 21.5 Å². The summed E-state index contributed by atoms with van der Waals surface area (Å²) in [5.41, 5.74) is 3.80. The second-order valence-corrected chi connectivity index (χ2v) is 11.2. The predicted octanol–water partition coefficient (Wildman–Crippen LogP) is 6.82. The summed E-state index contributed by atoms with van der Waals surface area (Å²) in [5, 5.41) is 3.82. The topological polar surface area (TPSA) is 75.7 Å². The number of rotatable bonds is 7. The minimum absolute atomic E-state index is 0.167. The Bertz CT molecular complexity index is 1550. The molecule has 0 aliphatic heterocycles. The zero-order valence-corrected chi connectivity index (χ0v) is 22.5. The maximum absolute atomic E-state index is 13.6. The van der Waals surface area contributed by atoms with E-state index in [0.29, 0.717) is 33.3 Å². The van der Waals surface area contributed by atoms with E-state index < -0.39 is 15.8 Å². The number of carbonyl (C=O) groups is 1. The van der Waals surface area contributed by atoms with Crippen molar-refractivity contribution in [1.82, 2.24) is 0 Å². The molecule has 0 aromatic heterocycles. The molecule has 0 unspecified atom stereocenters. The molecule has 37 heavy (non-hydrogen) atoms. The van der Waals surface area contributed by atoms with E-state index in [1.807, 2.05) is 45.0 Å². The van der Waals surface area contributed by atoms with Gasteiger partial charge in [-0.25, -0.2) is 13.2 Å². The highest BCUT2D eigenvalue weighted by molar-refractivity contribution is 7.91. The van der Waals surface area contributed by atoms with Gasteiger partial charge in [0.25, 0.3) is 0 Å². The zero-order chi connectivity index (χ0) is 26.7. The summed E-state index contributed by atoms with van der Waals surface area (Å²) < 4.78 is 32.8. The molecule has 0 heterocycles. The molecule has 0 spiro atoms. The molecule has 1 N–H and O–H groups in total. The fraction of sp³-hybridized carbons (Fsp3) is 0.138. The summed E-state index contributed by atoms with van der Waals surface area (Å²) in [7, 11) is -0.0744. The van der Waals surface area contributed by atoms with Crippen molar-refractivity contribution >= 4 is 44.5 Å². The van der Waals surface area contributed by atoms with Gasteiger partial charge in [-0.1, -0.05) is 29.8 Å². The summed E-state index contributed by atoms with van der Waals surface area (Å²) in [6, 6.07) is 23.7. The molecular formula is C29H27ClN2O4S. The number of anilines is 3. The van der Waals surface area contributed by atoms with Crippen LogP contribution in [0.2, 0.25) is 5.02 Å². The Labute approximate surface area is 222 Å². The zero-order valence-electron chi connectivity index (χ0n) is 20.9. The highest BCUT2D eigenvalue weighted by Crippen LogP contribution is 2.35. The van der Waals surface area contributed by atoms with Gasteiger partial charge >= 0.3 is 5.97 Å². The lowest BCUT2D eigenvalue weighted by Crippen LogP contribution is -2.12. The Hall–Kier alpha value is -3.81. The number of aryl methyl sites for hydroxylation is 2. The van der Waals surface area contributed by atoms with Gasteiger partial charge in [0.1, 0.15) is 5.75 Å². The Balaban J connectivity index is 1.68. The lowest BCUT2D eigenvalue weighted by molar-refractivity contribution is 0.0733. The first-order valence-electron chi connectivity index (χ1n) is 11.5. The van der Waals surface area contributed by atoms with Crippen molar-refractivity contribution < 1.29 is 17.9 Å². The van der Waals surface area contributed by atoms with Crippen molar-refractivity contribution in [2.75, 3.05) is 24.3 Å². The minimum Gasteiger partial charge on any atom is -0.423 e. The van der Waals surface area contributed by atoms with Crippen LogP contribution < -0.4 is 15.0 Å². The molecule has 0 atom stereocenters. The van der Waals surface area contributed by atoms with Gasteiger partial charge < -0.3 is 15.0 Å². The molecule has 8 heteroatoms. The standard InChI is InChI=1S/C29H27ClN2O4S/c1-19-17-27(36-29(33)21-10-12-22(30)13-11-21)20(2)16-26(19)31-25-15-14-23(32(3)4)18-28(25)37(34,35)24-8-6-5-7-9-24/h5-18,31H,1-4H3. The molecule has 0 bridgehead atoms. The summed E-state index contributed by atoms with van der Waals surface area (Å²) in [5.74, 6) is -0.0709. The van der Waals surface area contributed by atoms with Gasteiger partial charge in [0, 0.05) is 30.5 Å². The minimum atomic E-state index is -3.79. The summed E-state index contributed by atoms with van der Waals surface area (Å²) in [6.45, 7) is 3.69. The van der Waals surface area contributed by atoms with E-state index >= 15 is 0 Å². The smallest absolute Gasteiger partial charge is 0.343 e. The second-order valence-electron chi connectivity index (χ2n) is 8.85. The monoisotopic (exact) mass is 534 g/mol. The molecule has 0 aliphatic carbocycles. The summed E-state index contributed by atoms with van der Waals surface area (Å²) in [4.78, 5) is 14.8. The van der Waals surface area contributed by atoms with Crippen LogP contribution in [-0.2, 0) is 9.84 Å². The SMILES string of the molecule is Cc1cc(OC(=O)c2ccc(Cl)cc2)c(C)cc1Nc1ccc(N(C)C)cc1S(=O)(=O)c1ccccc1. The van der Waals surface area contributed by atoms with E-state index in [1.54, 1.807) is 72.8 Å². The van der Waals surface area contributed by atoms with E-state index in [0.717, 1.165) is 11.3 Å². The predicted molar refractivity (Wildman–Crippen MR) is 148 cm³/mol. The first-order chi connectivity index (χ1) is 17.6. The van der Waals surface area contributed by atoms with Gasteiger partial charge in [-0.3, -0.25) is 0 Å². The Morgan fingerprint density at radius 3 is 2.16 bits per heavy atom. The first-order valence-corrected chi connectivity index (χ1v) is 13.4. The third-order valence-electron chi connectivity index (χ3n) is 5.90. The highest BCUT2D eigenvalue weighted by Gasteiger charge is 2.23. The van der Waals surface area contributed by atoms with Crippen LogP contribution in [-0.4, -0.2) is 28.5 Å². The maximum Gasteiger partial charge on any atom is 0.343 e. The molecule has 6 nitrogen and oxygen atoms in total. The van der Waals surface area contributed by atoms with Gasteiger partial charge in [-0.05, 0) is 91.7 Å². The van der Waals surface area contributed by atoms with Crippen LogP contribution in [0.4, 0.5) is 17.1 Å². The Morgan fingerprint density at radius 1 is 0.838 bits per heavy atom. The average molecular weight is 535 g/mol. The van der Waals surface area contributed by atoms with Crippen molar-refractivity contribution in [2.24, 2.45) is 0 Å². The van der Waals surface area contributed by atoms with E-state index in [1.165, 1.54) is 0 Å². The maximum atomic E-state index is 13.6. The van der Waals surface area contributed by atoms with Crippen LogP contribution in [0.15, 0.2) is 94.7 Å². The Kier molecular flexibility index (Phi) is 7.57. The van der Waals surface area contributed by atoms with E-state index in [4.69, 9.17) is 16.3 Å². The molecule has 0 saturated carbocycles. The molecule has 4 aromatic rings. The molecule has 190 valence electrons. The molecule has 0 saturated heterocycles. The quantitative estimate of drug-likeness (QED) is 0.207. The second kappa shape index (κ2) is 10.7. The number of carbonyl (C=O) groups excluding carboxylic acids is 1. The van der Waals surface area contributed by atoms with Crippen molar-refractivity contribution in [3.63, 3.8) is 0 Å². The third kappa shape index (κ3) is 5.79. The van der Waals surface area contributed by atoms with Crippen molar-refractivity contribution in [3.05, 3.63) is 107 Å². The van der Waals surface area contributed by atoms with Gasteiger partial charge in [0.05, 0.1) is 21.0 Å². The van der Waals surface area contributed by atoms with Gasteiger partial charge in [0.2, 0.25) is 9.84 Å². The van der Waals surface area contributed by atoms with Gasteiger partial charge in [0.15, 0.2) is 0 Å². The molecule has 0 radical (unpaired) electrons. The normalized spacial score (nSPS) is 11.2. The summed E-state index contributed by atoms with van der Waals surface area (Å²) >= 11 is 5.91. The molecule has 4 rings (SSSR count). The highest BCUT2D eigenvalue weighted by atomic mass is 35.5. The average Bonchev–Trinajstić information content (AvgIpc) is 2.88. The molecule has 0 aliphatic rings. The number of nitrogens with zero attached hydrogens (tertiary/aromatic N) is 1. The lowest BCUT2D eigenvalue weighted by Gasteiger charge is -2.19. The largest absolute Gasteiger partial charge is 0.423 e. The molecule has 0 amide bonds. The van der Waals surface area contributed by atoms with Gasteiger partial charge in [-0.15, -0.1) is 0 Å². The number of esters is 1. The number of ether oxygens (including phenoxy) is 1. The number of nitrogens with one attached hydrogen (secondary N) is 1. The number of hydrogen-bond donors (Lipinski definition) is 1. The number of benzene rings is 4.